The van der Waals surface area contributed by atoms with Crippen molar-refractivity contribution in [2.45, 2.75) is 6.67 Å². The van der Waals surface area contributed by atoms with Gasteiger partial charge in [-0.05, 0) is 24.3 Å². The van der Waals surface area contributed by atoms with Crippen LogP contribution in [0.2, 0.25) is 0 Å². The zero-order chi connectivity index (χ0) is 19.0. The van der Waals surface area contributed by atoms with E-state index >= 15 is 0 Å². The van der Waals surface area contributed by atoms with Crippen molar-refractivity contribution in [1.82, 2.24) is 9.13 Å². The van der Waals surface area contributed by atoms with Crippen molar-refractivity contribution in [2.75, 3.05) is 0 Å². The molecule has 0 spiro atoms. The van der Waals surface area contributed by atoms with Crippen molar-refractivity contribution in [3.8, 4) is 22.9 Å². The molecule has 8 heteroatoms. The van der Waals surface area contributed by atoms with Crippen molar-refractivity contribution >= 4 is 0 Å². The van der Waals surface area contributed by atoms with Gasteiger partial charge in [0.1, 0.15) is 36.4 Å². The molecule has 0 bridgehead atoms. The van der Waals surface area contributed by atoms with E-state index in [0.29, 0.717) is 18.0 Å². The predicted octanol–water partition coefficient (Wildman–Crippen LogP) is 2.04. The molecule has 0 unspecified atom stereocenters. The van der Waals surface area contributed by atoms with Crippen LogP contribution in [0.25, 0.3) is 11.4 Å². The zero-order valence-corrected chi connectivity index (χ0v) is 14.1. The number of hydrogen-bond acceptors (Lipinski definition) is 2. The van der Waals surface area contributed by atoms with E-state index in [9.17, 15) is 19.0 Å². The SMILES string of the molecule is Oc1ccc(F)cc1-n1cc[n+](C[n+]2ccn(-c3cc(F)ccc3O)c2)c1. The molecule has 0 fully saturated rings. The van der Waals surface area contributed by atoms with Crippen LogP contribution < -0.4 is 9.13 Å². The minimum atomic E-state index is -0.440. The summed E-state index contributed by atoms with van der Waals surface area (Å²) in [6.45, 7) is 0.423. The Morgan fingerprint density at radius 2 is 1.19 bits per heavy atom. The van der Waals surface area contributed by atoms with Gasteiger partial charge in [0.05, 0.1) is 0 Å². The fraction of sp³-hybridized carbons (Fsp3) is 0.0526. The fourth-order valence-electron chi connectivity index (χ4n) is 2.84. The normalized spacial score (nSPS) is 11.0. The molecule has 6 nitrogen and oxygen atoms in total. The third-order valence-corrected chi connectivity index (χ3v) is 4.14. The van der Waals surface area contributed by atoms with Gasteiger partial charge in [-0.25, -0.2) is 8.78 Å². The average Bonchev–Trinajstić information content (AvgIpc) is 3.29. The molecule has 0 amide bonds. The maximum atomic E-state index is 13.4. The molecule has 4 aromatic rings. The summed E-state index contributed by atoms with van der Waals surface area (Å²) in [6, 6.07) is 7.48. The van der Waals surface area contributed by atoms with Crippen LogP contribution in [0.4, 0.5) is 8.78 Å². The molecule has 0 saturated carbocycles. The minimum absolute atomic E-state index is 0.0282. The summed E-state index contributed by atoms with van der Waals surface area (Å²) in [6.07, 6.45) is 10.4. The summed E-state index contributed by atoms with van der Waals surface area (Å²) >= 11 is 0. The van der Waals surface area contributed by atoms with Crippen LogP contribution in [0.15, 0.2) is 73.8 Å². The molecule has 0 aliphatic heterocycles. The Balaban J connectivity index is 1.58. The molecule has 2 N–H and O–H groups in total. The first kappa shape index (κ1) is 16.8. The summed E-state index contributed by atoms with van der Waals surface area (Å²) in [5.74, 6) is -0.937. The largest absolute Gasteiger partial charge is 0.504 e. The third kappa shape index (κ3) is 3.37. The van der Waals surface area contributed by atoms with Crippen molar-refractivity contribution in [2.24, 2.45) is 0 Å². The number of phenols is 2. The number of aromatic hydroxyl groups is 2. The van der Waals surface area contributed by atoms with Crippen LogP contribution in [0.3, 0.4) is 0 Å². The highest BCUT2D eigenvalue weighted by atomic mass is 19.1. The topological polar surface area (TPSA) is 58.1 Å². The van der Waals surface area contributed by atoms with Crippen LogP contribution in [-0.2, 0) is 6.67 Å². The number of nitrogens with zero attached hydrogens (tertiary/aromatic N) is 4. The highest BCUT2D eigenvalue weighted by Gasteiger charge is 2.16. The van der Waals surface area contributed by atoms with E-state index in [1.54, 1.807) is 46.6 Å². The van der Waals surface area contributed by atoms with Crippen LogP contribution in [0.5, 0.6) is 11.5 Å². The first-order valence-electron chi connectivity index (χ1n) is 8.11. The lowest BCUT2D eigenvalue weighted by Gasteiger charge is -2.00. The van der Waals surface area contributed by atoms with Gasteiger partial charge < -0.3 is 10.2 Å². The molecule has 27 heavy (non-hydrogen) atoms. The summed E-state index contributed by atoms with van der Waals surface area (Å²) in [7, 11) is 0. The summed E-state index contributed by atoms with van der Waals surface area (Å²) in [5.41, 5.74) is 0.669. The Hall–Kier alpha value is -3.68. The fourth-order valence-corrected chi connectivity index (χ4v) is 2.84. The van der Waals surface area contributed by atoms with Gasteiger partial charge >= 0.3 is 0 Å². The predicted molar refractivity (Wildman–Crippen MR) is 90.6 cm³/mol. The van der Waals surface area contributed by atoms with Crippen LogP contribution in [-0.4, -0.2) is 19.3 Å². The molecule has 4 rings (SSSR count). The molecular weight excluding hydrogens is 354 g/mol. The second-order valence-electron chi connectivity index (χ2n) is 6.08. The van der Waals surface area contributed by atoms with Gasteiger partial charge in [0, 0.05) is 12.1 Å². The zero-order valence-electron chi connectivity index (χ0n) is 14.1. The van der Waals surface area contributed by atoms with Gasteiger partial charge in [0.2, 0.25) is 6.67 Å². The molecule has 0 radical (unpaired) electrons. The molecular formula is C19H16F2N4O2+2. The van der Waals surface area contributed by atoms with Gasteiger partial charge in [0.25, 0.3) is 12.7 Å². The first-order valence-corrected chi connectivity index (χ1v) is 8.11. The van der Waals surface area contributed by atoms with E-state index in [-0.39, 0.29) is 11.5 Å². The third-order valence-electron chi connectivity index (χ3n) is 4.14. The molecule has 0 aliphatic rings. The smallest absolute Gasteiger partial charge is 0.252 e. The van der Waals surface area contributed by atoms with Crippen molar-refractivity contribution in [3.63, 3.8) is 0 Å². The number of aromatic nitrogens is 4. The lowest BCUT2D eigenvalue weighted by Crippen LogP contribution is -2.49. The van der Waals surface area contributed by atoms with E-state index < -0.39 is 11.6 Å². The Bertz CT molecular complexity index is 1030. The molecule has 0 aliphatic carbocycles. The highest BCUT2D eigenvalue weighted by molar-refractivity contribution is 5.46. The molecule has 0 atom stereocenters. The van der Waals surface area contributed by atoms with Gasteiger partial charge in [-0.1, -0.05) is 0 Å². The quantitative estimate of drug-likeness (QED) is 0.540. The standard InChI is InChI=1S/C19H14F2N4O2/c20-14-1-3-18(26)16(9-14)24-7-5-22(12-24)11-23-6-8-25(13-23)17-10-15(21)2-4-19(17)27/h1-10,12-13H,11H2/p+2. The van der Waals surface area contributed by atoms with E-state index in [0.717, 1.165) is 0 Å². The molecule has 2 aromatic heterocycles. The lowest BCUT2D eigenvalue weighted by molar-refractivity contribution is -0.912. The Kier molecular flexibility index (Phi) is 4.08. The van der Waals surface area contributed by atoms with E-state index in [2.05, 4.69) is 0 Å². The van der Waals surface area contributed by atoms with E-state index in [4.69, 9.17) is 0 Å². The average molecular weight is 370 g/mol. The van der Waals surface area contributed by atoms with Crippen molar-refractivity contribution in [1.29, 1.82) is 0 Å². The van der Waals surface area contributed by atoms with Gasteiger partial charge in [-0.2, -0.15) is 18.3 Å². The summed E-state index contributed by atoms with van der Waals surface area (Å²) in [5, 5.41) is 19.8. The monoisotopic (exact) mass is 370 g/mol. The maximum absolute atomic E-state index is 13.4. The Labute approximate surface area is 153 Å². The Morgan fingerprint density at radius 3 is 1.63 bits per heavy atom. The van der Waals surface area contributed by atoms with Crippen LogP contribution >= 0.6 is 0 Å². The van der Waals surface area contributed by atoms with Crippen LogP contribution in [0, 0.1) is 11.6 Å². The number of halogens is 2. The molecule has 2 heterocycles. The second-order valence-corrected chi connectivity index (χ2v) is 6.08. The van der Waals surface area contributed by atoms with E-state index in [1.807, 2.05) is 9.13 Å². The number of rotatable bonds is 4. The van der Waals surface area contributed by atoms with E-state index in [1.165, 1.54) is 36.4 Å². The Morgan fingerprint density at radius 1 is 0.741 bits per heavy atom. The number of phenolic OH excluding ortho intramolecular Hbond substituents is 2. The van der Waals surface area contributed by atoms with Gasteiger partial charge in [0.15, 0.2) is 22.9 Å². The second kappa shape index (κ2) is 6.56. The first-order chi connectivity index (χ1) is 13.0. The number of hydrogen-bond donors (Lipinski definition) is 2. The maximum Gasteiger partial charge on any atom is 0.252 e. The number of imidazole rings is 2. The van der Waals surface area contributed by atoms with Crippen molar-refractivity contribution < 1.29 is 28.1 Å². The summed E-state index contributed by atoms with van der Waals surface area (Å²) in [4.78, 5) is 0. The van der Waals surface area contributed by atoms with Crippen LogP contribution in [0.1, 0.15) is 0 Å². The minimum Gasteiger partial charge on any atom is -0.504 e. The van der Waals surface area contributed by atoms with Gasteiger partial charge in [-0.15, -0.1) is 0 Å². The molecule has 2 aromatic carbocycles. The summed E-state index contributed by atoms with van der Waals surface area (Å²) < 4.78 is 33.7. The van der Waals surface area contributed by atoms with Crippen molar-refractivity contribution in [3.05, 3.63) is 85.5 Å². The van der Waals surface area contributed by atoms with Gasteiger partial charge in [-0.3, -0.25) is 0 Å². The highest BCUT2D eigenvalue weighted by Crippen LogP contribution is 2.22. The number of benzene rings is 2. The lowest BCUT2D eigenvalue weighted by atomic mass is 10.3. The molecule has 136 valence electrons. The molecule has 0 saturated heterocycles.